The average molecular weight is 366 g/mol. The molecule has 0 aromatic heterocycles. The Hall–Kier alpha value is -0.960. The minimum Gasteiger partial charge on any atom is -0.478 e. The monoisotopic (exact) mass is 365 g/mol. The van der Waals surface area contributed by atoms with E-state index in [0.717, 1.165) is 6.07 Å². The summed E-state index contributed by atoms with van der Waals surface area (Å²) in [6, 6.07) is 2.45. The van der Waals surface area contributed by atoms with Gasteiger partial charge < -0.3 is 10.2 Å². The van der Waals surface area contributed by atoms with Gasteiger partial charge in [0.15, 0.2) is 0 Å². The maximum absolute atomic E-state index is 12.2. The number of carboxylic acids is 1. The van der Waals surface area contributed by atoms with Crippen LogP contribution in [-0.4, -0.2) is 37.2 Å². The summed E-state index contributed by atoms with van der Waals surface area (Å²) < 4.78 is 27.0. The number of benzene rings is 1. The molecule has 1 atom stereocenters. The SMILES string of the molecule is CCC(O)CNS(=O)(=O)c1cc(C(=O)O)cc(Br)c1C. The lowest BCUT2D eigenvalue weighted by atomic mass is 10.1. The molecule has 1 rings (SSSR count). The first kappa shape index (κ1) is 17.1. The third-order valence-electron chi connectivity index (χ3n) is 2.81. The van der Waals surface area contributed by atoms with Crippen molar-refractivity contribution in [3.05, 3.63) is 27.7 Å². The van der Waals surface area contributed by atoms with Crippen LogP contribution in [0.15, 0.2) is 21.5 Å². The van der Waals surface area contributed by atoms with E-state index in [9.17, 15) is 18.3 Å². The molecule has 112 valence electrons. The standard InChI is InChI=1S/C12H16BrNO5S/c1-3-9(15)6-14-20(18,19)11-5-8(12(16)17)4-10(13)7(11)2/h4-5,9,14-15H,3,6H2,1-2H3,(H,16,17). The van der Waals surface area contributed by atoms with E-state index >= 15 is 0 Å². The van der Waals surface area contributed by atoms with Crippen molar-refractivity contribution in [1.29, 1.82) is 0 Å². The van der Waals surface area contributed by atoms with Gasteiger partial charge in [-0.2, -0.15) is 0 Å². The molecule has 0 aliphatic heterocycles. The van der Waals surface area contributed by atoms with E-state index in [-0.39, 0.29) is 17.0 Å². The molecule has 0 aliphatic rings. The van der Waals surface area contributed by atoms with Crippen LogP contribution in [0.3, 0.4) is 0 Å². The highest BCUT2D eigenvalue weighted by Crippen LogP contribution is 2.25. The van der Waals surface area contributed by atoms with Gasteiger partial charge in [0.05, 0.1) is 16.6 Å². The fourth-order valence-electron chi connectivity index (χ4n) is 1.48. The average Bonchev–Trinajstić information content (AvgIpc) is 2.38. The number of halogens is 1. The Balaban J connectivity index is 3.20. The highest BCUT2D eigenvalue weighted by Gasteiger charge is 2.21. The molecule has 0 aliphatic carbocycles. The van der Waals surface area contributed by atoms with Crippen molar-refractivity contribution in [3.63, 3.8) is 0 Å². The van der Waals surface area contributed by atoms with E-state index in [1.807, 2.05) is 0 Å². The maximum Gasteiger partial charge on any atom is 0.335 e. The van der Waals surface area contributed by atoms with Crippen LogP contribution < -0.4 is 4.72 Å². The molecule has 0 heterocycles. The van der Waals surface area contributed by atoms with Gasteiger partial charge in [-0.15, -0.1) is 0 Å². The molecule has 0 amide bonds. The minimum absolute atomic E-state index is 0.118. The quantitative estimate of drug-likeness (QED) is 0.708. The van der Waals surface area contributed by atoms with Crippen LogP contribution in [-0.2, 0) is 10.0 Å². The Morgan fingerprint density at radius 2 is 2.05 bits per heavy atom. The van der Waals surface area contributed by atoms with Gasteiger partial charge in [-0.3, -0.25) is 0 Å². The van der Waals surface area contributed by atoms with Crippen molar-refractivity contribution < 1.29 is 23.4 Å². The van der Waals surface area contributed by atoms with Crippen molar-refractivity contribution >= 4 is 31.9 Å². The lowest BCUT2D eigenvalue weighted by Gasteiger charge is -2.13. The number of hydrogen-bond acceptors (Lipinski definition) is 4. The first-order valence-electron chi connectivity index (χ1n) is 5.90. The van der Waals surface area contributed by atoms with Gasteiger partial charge in [0.1, 0.15) is 0 Å². The van der Waals surface area contributed by atoms with Gasteiger partial charge >= 0.3 is 5.97 Å². The van der Waals surface area contributed by atoms with E-state index in [0.29, 0.717) is 16.5 Å². The number of aliphatic hydroxyl groups is 1. The lowest BCUT2D eigenvalue weighted by molar-refractivity contribution is 0.0696. The van der Waals surface area contributed by atoms with Crippen LogP contribution in [0.25, 0.3) is 0 Å². The molecule has 1 aromatic rings. The molecule has 8 heteroatoms. The predicted octanol–water partition coefficient (Wildman–Crippen LogP) is 1.50. The van der Waals surface area contributed by atoms with E-state index in [1.165, 1.54) is 6.07 Å². The zero-order chi connectivity index (χ0) is 15.5. The van der Waals surface area contributed by atoms with Gasteiger partial charge in [-0.25, -0.2) is 17.9 Å². The molecular weight excluding hydrogens is 350 g/mol. The largest absolute Gasteiger partial charge is 0.478 e. The van der Waals surface area contributed by atoms with E-state index in [1.54, 1.807) is 13.8 Å². The first-order chi connectivity index (χ1) is 9.19. The lowest BCUT2D eigenvalue weighted by Crippen LogP contribution is -2.32. The molecule has 3 N–H and O–H groups in total. The molecular formula is C12H16BrNO5S. The summed E-state index contributed by atoms with van der Waals surface area (Å²) in [5.74, 6) is -1.21. The van der Waals surface area contributed by atoms with Crippen molar-refractivity contribution in [2.24, 2.45) is 0 Å². The number of carboxylic acid groups (broad SMARTS) is 1. The van der Waals surface area contributed by atoms with Crippen LogP contribution >= 0.6 is 15.9 Å². The maximum atomic E-state index is 12.2. The van der Waals surface area contributed by atoms with Gasteiger partial charge in [0, 0.05) is 11.0 Å². The Morgan fingerprint density at radius 3 is 2.55 bits per heavy atom. The molecule has 1 aromatic carbocycles. The zero-order valence-corrected chi connectivity index (χ0v) is 13.5. The van der Waals surface area contributed by atoms with Crippen molar-refractivity contribution in [2.45, 2.75) is 31.3 Å². The van der Waals surface area contributed by atoms with Crippen molar-refractivity contribution in [1.82, 2.24) is 4.72 Å². The van der Waals surface area contributed by atoms with Gasteiger partial charge in [-0.1, -0.05) is 22.9 Å². The highest BCUT2D eigenvalue weighted by molar-refractivity contribution is 9.10. The summed E-state index contributed by atoms with van der Waals surface area (Å²) in [6.45, 7) is 3.18. The van der Waals surface area contributed by atoms with Gasteiger partial charge in [0.2, 0.25) is 10.0 Å². The molecule has 0 bridgehead atoms. The molecule has 0 fully saturated rings. The predicted molar refractivity (Wildman–Crippen MR) is 77.3 cm³/mol. The Bertz CT molecular complexity index is 615. The number of aliphatic hydroxyl groups excluding tert-OH is 1. The Kier molecular flexibility index (Phi) is 5.69. The van der Waals surface area contributed by atoms with Crippen LogP contribution in [0.5, 0.6) is 0 Å². The second kappa shape index (κ2) is 6.66. The smallest absolute Gasteiger partial charge is 0.335 e. The third kappa shape index (κ3) is 4.02. The van der Waals surface area contributed by atoms with E-state index < -0.39 is 22.1 Å². The first-order valence-corrected chi connectivity index (χ1v) is 8.17. The summed E-state index contributed by atoms with van der Waals surface area (Å²) in [4.78, 5) is 10.9. The molecule has 0 saturated heterocycles. The topological polar surface area (TPSA) is 104 Å². The number of rotatable bonds is 6. The van der Waals surface area contributed by atoms with Crippen LogP contribution in [0.2, 0.25) is 0 Å². The Morgan fingerprint density at radius 1 is 1.45 bits per heavy atom. The molecule has 20 heavy (non-hydrogen) atoms. The Labute approximate surface area is 126 Å². The molecule has 0 radical (unpaired) electrons. The molecule has 0 saturated carbocycles. The number of carbonyl (C=O) groups is 1. The number of aromatic carboxylic acids is 1. The fourth-order valence-corrected chi connectivity index (χ4v) is 3.44. The summed E-state index contributed by atoms with van der Waals surface area (Å²) in [5, 5.41) is 18.4. The normalized spacial score (nSPS) is 13.2. The zero-order valence-electron chi connectivity index (χ0n) is 11.1. The van der Waals surface area contributed by atoms with Crippen LogP contribution in [0.1, 0.15) is 29.3 Å². The third-order valence-corrected chi connectivity index (χ3v) is 5.19. The second-order valence-electron chi connectivity index (χ2n) is 4.30. The minimum atomic E-state index is -3.88. The van der Waals surface area contributed by atoms with E-state index in [2.05, 4.69) is 20.7 Å². The van der Waals surface area contributed by atoms with Gasteiger partial charge in [-0.05, 0) is 31.0 Å². The number of sulfonamides is 1. The van der Waals surface area contributed by atoms with Crippen LogP contribution in [0, 0.1) is 6.92 Å². The number of hydrogen-bond donors (Lipinski definition) is 3. The summed E-state index contributed by atoms with van der Waals surface area (Å²) in [7, 11) is -3.88. The molecule has 6 nitrogen and oxygen atoms in total. The summed E-state index contributed by atoms with van der Waals surface area (Å²) >= 11 is 3.15. The van der Waals surface area contributed by atoms with Crippen molar-refractivity contribution in [3.8, 4) is 0 Å². The summed E-state index contributed by atoms with van der Waals surface area (Å²) in [5.41, 5.74) is 0.285. The van der Waals surface area contributed by atoms with E-state index in [4.69, 9.17) is 5.11 Å². The van der Waals surface area contributed by atoms with Crippen LogP contribution in [0.4, 0.5) is 0 Å². The fraction of sp³-hybridized carbons (Fsp3) is 0.417. The molecule has 0 spiro atoms. The highest BCUT2D eigenvalue weighted by atomic mass is 79.9. The molecule has 1 unspecified atom stereocenters. The summed E-state index contributed by atoms with van der Waals surface area (Å²) in [6.07, 6.45) is -0.364. The van der Waals surface area contributed by atoms with Crippen molar-refractivity contribution in [2.75, 3.05) is 6.54 Å². The second-order valence-corrected chi connectivity index (χ2v) is 6.89. The number of nitrogens with one attached hydrogen (secondary N) is 1. The van der Waals surface area contributed by atoms with Gasteiger partial charge in [0.25, 0.3) is 0 Å².